The van der Waals surface area contributed by atoms with Crippen LogP contribution in [-0.2, 0) is 9.59 Å². The Kier molecular flexibility index (Phi) is 5.90. The highest BCUT2D eigenvalue weighted by molar-refractivity contribution is 5.95. The van der Waals surface area contributed by atoms with E-state index in [0.29, 0.717) is 18.7 Å². The molecule has 0 spiro atoms. The van der Waals surface area contributed by atoms with E-state index in [1.807, 2.05) is 32.9 Å². The zero-order valence-corrected chi connectivity index (χ0v) is 12.8. The quantitative estimate of drug-likeness (QED) is 0.720. The van der Waals surface area contributed by atoms with Crippen LogP contribution in [0.15, 0.2) is 24.3 Å². The van der Waals surface area contributed by atoms with E-state index >= 15 is 0 Å². The third kappa shape index (κ3) is 4.56. The fourth-order valence-electron chi connectivity index (χ4n) is 1.95. The number of rotatable bonds is 7. The molecular weight excluding hydrogens is 268 g/mol. The van der Waals surface area contributed by atoms with Gasteiger partial charge in [0, 0.05) is 12.2 Å². The molecule has 0 bridgehead atoms. The molecule has 1 aromatic rings. The van der Waals surface area contributed by atoms with E-state index in [1.165, 1.54) is 0 Å². The molecule has 0 heterocycles. The first kappa shape index (κ1) is 17.2. The normalized spacial score (nSPS) is 15.0. The van der Waals surface area contributed by atoms with Gasteiger partial charge in [-0.25, -0.2) is 0 Å². The van der Waals surface area contributed by atoms with Crippen LogP contribution in [0.1, 0.15) is 45.1 Å². The average Bonchev–Trinajstić information content (AvgIpc) is 2.46. The first-order valence-corrected chi connectivity index (χ1v) is 7.15. The van der Waals surface area contributed by atoms with Gasteiger partial charge in [0.1, 0.15) is 0 Å². The Balaban J connectivity index is 2.75. The predicted molar refractivity (Wildman–Crippen MR) is 83.2 cm³/mol. The maximum atomic E-state index is 12.2. The van der Waals surface area contributed by atoms with Crippen LogP contribution in [0.5, 0.6) is 0 Å². The molecule has 1 aromatic carbocycles. The summed E-state index contributed by atoms with van der Waals surface area (Å²) in [6.07, 6.45) is 0.760. The van der Waals surface area contributed by atoms with E-state index in [0.717, 1.165) is 5.56 Å². The molecule has 4 N–H and O–H groups in total. The molecule has 1 amide bonds. The largest absolute Gasteiger partial charge is 0.481 e. The molecule has 5 nitrogen and oxygen atoms in total. The van der Waals surface area contributed by atoms with Crippen molar-refractivity contribution < 1.29 is 14.7 Å². The number of nitrogens with two attached hydrogens (primary N) is 1. The van der Waals surface area contributed by atoms with Crippen molar-refractivity contribution in [1.82, 2.24) is 0 Å². The highest BCUT2D eigenvalue weighted by Crippen LogP contribution is 2.24. The molecule has 116 valence electrons. The first-order chi connectivity index (χ1) is 9.82. The number of hydrogen-bond donors (Lipinski definition) is 3. The highest BCUT2D eigenvalue weighted by Gasteiger charge is 2.29. The molecule has 21 heavy (non-hydrogen) atoms. The maximum absolute atomic E-state index is 12.2. The highest BCUT2D eigenvalue weighted by atomic mass is 16.4. The van der Waals surface area contributed by atoms with Crippen LogP contribution in [0.4, 0.5) is 5.69 Å². The molecule has 0 saturated heterocycles. The van der Waals surface area contributed by atoms with Crippen molar-refractivity contribution in [3.05, 3.63) is 29.8 Å². The topological polar surface area (TPSA) is 92.4 Å². The molecular formula is C16H24N2O3. The van der Waals surface area contributed by atoms with Crippen molar-refractivity contribution in [1.29, 1.82) is 0 Å². The van der Waals surface area contributed by atoms with Crippen molar-refractivity contribution in [3.63, 3.8) is 0 Å². The minimum absolute atomic E-state index is 0.0581. The SMILES string of the molecule is CCC(C)(CN)C(=O)Nc1ccc(C(C)CC(=O)O)cc1. The number of anilines is 1. The minimum atomic E-state index is -0.818. The fraction of sp³-hybridized carbons (Fsp3) is 0.500. The number of benzene rings is 1. The minimum Gasteiger partial charge on any atom is -0.481 e. The Hall–Kier alpha value is -1.88. The summed E-state index contributed by atoms with van der Waals surface area (Å²) in [7, 11) is 0. The van der Waals surface area contributed by atoms with Crippen LogP contribution in [0.2, 0.25) is 0 Å². The lowest BCUT2D eigenvalue weighted by Crippen LogP contribution is -2.39. The summed E-state index contributed by atoms with van der Waals surface area (Å²) in [5.41, 5.74) is 6.72. The van der Waals surface area contributed by atoms with Gasteiger partial charge in [-0.2, -0.15) is 0 Å². The van der Waals surface area contributed by atoms with Gasteiger partial charge < -0.3 is 16.2 Å². The zero-order valence-electron chi connectivity index (χ0n) is 12.8. The molecule has 0 fully saturated rings. The van der Waals surface area contributed by atoms with Crippen molar-refractivity contribution in [3.8, 4) is 0 Å². The summed E-state index contributed by atoms with van der Waals surface area (Å²) >= 11 is 0. The van der Waals surface area contributed by atoms with Crippen LogP contribution in [0, 0.1) is 5.41 Å². The lowest BCUT2D eigenvalue weighted by molar-refractivity contribution is -0.137. The summed E-state index contributed by atoms with van der Waals surface area (Å²) in [5.74, 6) is -0.974. The summed E-state index contributed by atoms with van der Waals surface area (Å²) < 4.78 is 0. The van der Waals surface area contributed by atoms with Gasteiger partial charge >= 0.3 is 5.97 Å². The molecule has 0 saturated carbocycles. The Bertz CT molecular complexity index is 493. The lowest BCUT2D eigenvalue weighted by Gasteiger charge is -2.25. The van der Waals surface area contributed by atoms with Gasteiger partial charge in [-0.05, 0) is 37.0 Å². The van der Waals surface area contributed by atoms with Crippen molar-refractivity contribution in [2.45, 2.75) is 39.5 Å². The molecule has 2 unspecified atom stereocenters. The molecule has 0 aliphatic carbocycles. The number of carboxylic acids is 1. The molecule has 2 atom stereocenters. The molecule has 0 aliphatic rings. The number of carbonyl (C=O) groups excluding carboxylic acids is 1. The van der Waals surface area contributed by atoms with E-state index in [-0.39, 0.29) is 18.2 Å². The van der Waals surface area contributed by atoms with Crippen LogP contribution in [0.25, 0.3) is 0 Å². The van der Waals surface area contributed by atoms with E-state index in [4.69, 9.17) is 10.8 Å². The number of carbonyl (C=O) groups is 2. The van der Waals surface area contributed by atoms with E-state index in [9.17, 15) is 9.59 Å². The second kappa shape index (κ2) is 7.22. The molecule has 5 heteroatoms. The van der Waals surface area contributed by atoms with E-state index in [1.54, 1.807) is 12.1 Å². The predicted octanol–water partition coefficient (Wildman–Crippen LogP) is 2.58. The Morgan fingerprint density at radius 2 is 1.90 bits per heavy atom. The number of nitrogens with one attached hydrogen (secondary N) is 1. The molecule has 0 radical (unpaired) electrons. The van der Waals surface area contributed by atoms with Gasteiger partial charge in [-0.1, -0.05) is 26.0 Å². The Labute approximate surface area is 125 Å². The number of aliphatic carboxylic acids is 1. The van der Waals surface area contributed by atoms with Crippen molar-refractivity contribution in [2.75, 3.05) is 11.9 Å². The first-order valence-electron chi connectivity index (χ1n) is 7.15. The van der Waals surface area contributed by atoms with Gasteiger partial charge in [0.15, 0.2) is 0 Å². The molecule has 0 aliphatic heterocycles. The van der Waals surface area contributed by atoms with Gasteiger partial charge in [0.05, 0.1) is 11.8 Å². The number of amides is 1. The summed E-state index contributed by atoms with van der Waals surface area (Å²) in [6.45, 7) is 5.93. The second-order valence-electron chi connectivity index (χ2n) is 5.69. The zero-order chi connectivity index (χ0) is 16.0. The number of carboxylic acid groups (broad SMARTS) is 1. The third-order valence-corrected chi connectivity index (χ3v) is 4.00. The average molecular weight is 292 g/mol. The lowest BCUT2D eigenvalue weighted by atomic mass is 9.86. The van der Waals surface area contributed by atoms with Crippen molar-refractivity contribution in [2.24, 2.45) is 11.1 Å². The second-order valence-corrected chi connectivity index (χ2v) is 5.69. The van der Waals surface area contributed by atoms with Crippen LogP contribution in [0.3, 0.4) is 0 Å². The Morgan fingerprint density at radius 1 is 1.33 bits per heavy atom. The van der Waals surface area contributed by atoms with Crippen LogP contribution >= 0.6 is 0 Å². The maximum Gasteiger partial charge on any atom is 0.303 e. The van der Waals surface area contributed by atoms with Gasteiger partial charge in [0.25, 0.3) is 0 Å². The standard InChI is InChI=1S/C16H24N2O3/c1-4-16(3,10-17)15(21)18-13-7-5-12(6-8-13)11(2)9-14(19)20/h5-8,11H,4,9-10,17H2,1-3H3,(H,18,21)(H,19,20). The van der Waals surface area contributed by atoms with Gasteiger partial charge in [-0.3, -0.25) is 9.59 Å². The van der Waals surface area contributed by atoms with Crippen LogP contribution < -0.4 is 11.1 Å². The molecule has 1 rings (SSSR count). The smallest absolute Gasteiger partial charge is 0.303 e. The van der Waals surface area contributed by atoms with Gasteiger partial charge in [0.2, 0.25) is 5.91 Å². The molecule has 0 aromatic heterocycles. The number of hydrogen-bond acceptors (Lipinski definition) is 3. The van der Waals surface area contributed by atoms with Crippen molar-refractivity contribution >= 4 is 17.6 Å². The summed E-state index contributed by atoms with van der Waals surface area (Å²) in [5, 5.41) is 11.6. The summed E-state index contributed by atoms with van der Waals surface area (Å²) in [6, 6.07) is 7.26. The summed E-state index contributed by atoms with van der Waals surface area (Å²) in [4.78, 5) is 22.9. The fourth-order valence-corrected chi connectivity index (χ4v) is 1.95. The van der Waals surface area contributed by atoms with Gasteiger partial charge in [-0.15, -0.1) is 0 Å². The third-order valence-electron chi connectivity index (χ3n) is 4.00. The van der Waals surface area contributed by atoms with E-state index < -0.39 is 11.4 Å². The van der Waals surface area contributed by atoms with Crippen LogP contribution in [-0.4, -0.2) is 23.5 Å². The van der Waals surface area contributed by atoms with E-state index in [2.05, 4.69) is 5.32 Å². The Morgan fingerprint density at radius 3 is 2.33 bits per heavy atom. The monoisotopic (exact) mass is 292 g/mol.